The topological polar surface area (TPSA) is 48.7 Å². The lowest BCUT2D eigenvalue weighted by Gasteiger charge is -2.36. The smallest absolute Gasteiger partial charge is 0.220 e. The summed E-state index contributed by atoms with van der Waals surface area (Å²) in [6.45, 7) is 8.28. The van der Waals surface area contributed by atoms with Gasteiger partial charge in [-0.15, -0.1) is 0 Å². The van der Waals surface area contributed by atoms with Crippen molar-refractivity contribution in [1.82, 2.24) is 15.1 Å². The Morgan fingerprint density at radius 1 is 1.08 bits per heavy atom. The number of hydrogen-bond acceptors (Lipinski definition) is 4. The Balaban J connectivity index is 1.32. The summed E-state index contributed by atoms with van der Waals surface area (Å²) in [4.78, 5) is 17.0. The molecule has 26 heavy (non-hydrogen) atoms. The van der Waals surface area contributed by atoms with Crippen LogP contribution in [0.25, 0.3) is 0 Å². The van der Waals surface area contributed by atoms with Gasteiger partial charge >= 0.3 is 0 Å². The van der Waals surface area contributed by atoms with Gasteiger partial charge in [-0.3, -0.25) is 14.6 Å². The van der Waals surface area contributed by atoms with Crippen molar-refractivity contribution in [2.24, 2.45) is 0 Å². The third-order valence-electron chi connectivity index (χ3n) is 4.83. The minimum Gasteiger partial charge on any atom is -0.469 e. The molecule has 1 amide bonds. The minimum atomic E-state index is 0.0941. The largest absolute Gasteiger partial charge is 0.469 e. The third-order valence-corrected chi connectivity index (χ3v) is 4.83. The quantitative estimate of drug-likeness (QED) is 0.791. The molecule has 3 rings (SSSR count). The first-order chi connectivity index (χ1) is 12.7. The number of benzene rings is 1. The van der Waals surface area contributed by atoms with Crippen molar-refractivity contribution >= 4 is 5.91 Å². The lowest BCUT2D eigenvalue weighted by molar-refractivity contribution is -0.121. The maximum atomic E-state index is 12.1. The zero-order valence-electron chi connectivity index (χ0n) is 15.6. The minimum absolute atomic E-state index is 0.0941. The summed E-state index contributed by atoms with van der Waals surface area (Å²) in [5, 5.41) is 3.10. The van der Waals surface area contributed by atoms with Crippen molar-refractivity contribution in [3.63, 3.8) is 0 Å². The van der Waals surface area contributed by atoms with Crippen LogP contribution in [-0.2, 0) is 17.8 Å². The SMILES string of the molecule is C[C@@H](CN1CCN(Cc2ccccc2)CC1)NC(=O)CCc1ccco1. The molecule has 0 bridgehead atoms. The van der Waals surface area contributed by atoms with E-state index in [1.54, 1.807) is 6.26 Å². The molecule has 2 heterocycles. The molecule has 1 atom stereocenters. The maximum Gasteiger partial charge on any atom is 0.220 e. The highest BCUT2D eigenvalue weighted by atomic mass is 16.3. The molecule has 1 aliphatic rings. The van der Waals surface area contributed by atoms with Crippen LogP contribution in [0.4, 0.5) is 0 Å². The van der Waals surface area contributed by atoms with Crippen molar-refractivity contribution in [3.05, 3.63) is 60.1 Å². The molecule has 1 aliphatic heterocycles. The molecule has 0 saturated carbocycles. The van der Waals surface area contributed by atoms with E-state index in [0.29, 0.717) is 12.8 Å². The van der Waals surface area contributed by atoms with Crippen LogP contribution in [0.2, 0.25) is 0 Å². The standard InChI is InChI=1S/C21H29N3O2/c1-18(22-21(25)10-9-20-8-5-15-26-20)16-23-11-13-24(14-12-23)17-19-6-3-2-4-7-19/h2-8,15,18H,9-14,16-17H2,1H3,(H,22,25)/t18-/m0/s1. The molecule has 0 unspecified atom stereocenters. The molecule has 0 radical (unpaired) electrons. The van der Waals surface area contributed by atoms with Crippen LogP contribution < -0.4 is 5.32 Å². The highest BCUT2D eigenvalue weighted by Gasteiger charge is 2.19. The average Bonchev–Trinajstić information content (AvgIpc) is 3.16. The number of nitrogens with zero attached hydrogens (tertiary/aromatic N) is 2. The summed E-state index contributed by atoms with van der Waals surface area (Å²) < 4.78 is 5.27. The summed E-state index contributed by atoms with van der Waals surface area (Å²) in [5.74, 6) is 0.957. The van der Waals surface area contributed by atoms with Crippen molar-refractivity contribution in [3.8, 4) is 0 Å². The number of nitrogens with one attached hydrogen (secondary N) is 1. The monoisotopic (exact) mass is 355 g/mol. The molecule has 5 nitrogen and oxygen atoms in total. The fourth-order valence-corrected chi connectivity index (χ4v) is 3.44. The molecule has 1 fully saturated rings. The van der Waals surface area contributed by atoms with Gasteiger partial charge in [-0.1, -0.05) is 30.3 Å². The number of rotatable bonds is 8. The number of carbonyl (C=O) groups is 1. The van der Waals surface area contributed by atoms with E-state index in [1.165, 1.54) is 5.56 Å². The van der Waals surface area contributed by atoms with Gasteiger partial charge in [0.15, 0.2) is 0 Å². The Hall–Kier alpha value is -2.11. The summed E-state index contributed by atoms with van der Waals surface area (Å²) in [6, 6.07) is 14.6. The second-order valence-corrected chi connectivity index (χ2v) is 7.11. The van der Waals surface area contributed by atoms with Crippen molar-refractivity contribution in [2.75, 3.05) is 32.7 Å². The number of furan rings is 1. The Bertz CT molecular complexity index is 649. The molecule has 5 heteroatoms. The Morgan fingerprint density at radius 3 is 2.50 bits per heavy atom. The molecular weight excluding hydrogens is 326 g/mol. The predicted octanol–water partition coefficient (Wildman–Crippen LogP) is 2.53. The highest BCUT2D eigenvalue weighted by Crippen LogP contribution is 2.09. The van der Waals surface area contributed by atoms with Gasteiger partial charge in [0.2, 0.25) is 5.91 Å². The van der Waals surface area contributed by atoms with Gasteiger partial charge in [0, 0.05) is 58.2 Å². The number of carbonyl (C=O) groups excluding carboxylic acids is 1. The molecule has 2 aromatic rings. The molecule has 140 valence electrons. The lowest BCUT2D eigenvalue weighted by atomic mass is 10.2. The summed E-state index contributed by atoms with van der Waals surface area (Å²) >= 11 is 0. The number of piperazine rings is 1. The second-order valence-electron chi connectivity index (χ2n) is 7.11. The van der Waals surface area contributed by atoms with E-state index in [4.69, 9.17) is 4.42 Å². The van der Waals surface area contributed by atoms with Crippen LogP contribution in [0, 0.1) is 0 Å². The molecule has 1 aromatic carbocycles. The lowest BCUT2D eigenvalue weighted by Crippen LogP contribution is -2.50. The first-order valence-corrected chi connectivity index (χ1v) is 9.49. The van der Waals surface area contributed by atoms with Crippen LogP contribution in [-0.4, -0.2) is 54.5 Å². The van der Waals surface area contributed by atoms with Gasteiger partial charge in [-0.25, -0.2) is 0 Å². The third kappa shape index (κ3) is 6.00. The van der Waals surface area contributed by atoms with Crippen molar-refractivity contribution in [1.29, 1.82) is 0 Å². The maximum absolute atomic E-state index is 12.1. The van der Waals surface area contributed by atoms with E-state index in [9.17, 15) is 4.79 Å². The van der Waals surface area contributed by atoms with Crippen molar-refractivity contribution in [2.45, 2.75) is 32.4 Å². The predicted molar refractivity (Wildman–Crippen MR) is 103 cm³/mol. The number of hydrogen-bond donors (Lipinski definition) is 1. The van der Waals surface area contributed by atoms with Crippen LogP contribution in [0.3, 0.4) is 0 Å². The van der Waals surface area contributed by atoms with Crippen LogP contribution >= 0.6 is 0 Å². The molecule has 1 saturated heterocycles. The Kier molecular flexibility index (Phi) is 6.86. The van der Waals surface area contributed by atoms with Gasteiger partial charge in [0.1, 0.15) is 5.76 Å². The molecular formula is C21H29N3O2. The second kappa shape index (κ2) is 9.55. The highest BCUT2D eigenvalue weighted by molar-refractivity contribution is 5.76. The molecule has 0 spiro atoms. The fourth-order valence-electron chi connectivity index (χ4n) is 3.44. The zero-order valence-corrected chi connectivity index (χ0v) is 15.6. The van der Waals surface area contributed by atoms with Crippen molar-refractivity contribution < 1.29 is 9.21 Å². The van der Waals surface area contributed by atoms with Gasteiger partial charge < -0.3 is 9.73 Å². The van der Waals surface area contributed by atoms with E-state index >= 15 is 0 Å². The Labute approximate surface area is 156 Å². The van der Waals surface area contributed by atoms with E-state index in [1.807, 2.05) is 12.1 Å². The summed E-state index contributed by atoms with van der Waals surface area (Å²) in [5.41, 5.74) is 1.37. The van der Waals surface area contributed by atoms with E-state index in [2.05, 4.69) is 52.4 Å². The zero-order chi connectivity index (χ0) is 18.2. The first-order valence-electron chi connectivity index (χ1n) is 9.49. The molecule has 0 aliphatic carbocycles. The first kappa shape index (κ1) is 18.7. The van der Waals surface area contributed by atoms with Gasteiger partial charge in [-0.05, 0) is 24.6 Å². The number of aryl methyl sites for hydroxylation is 1. The van der Waals surface area contributed by atoms with E-state index in [-0.39, 0.29) is 11.9 Å². The molecule has 1 aromatic heterocycles. The van der Waals surface area contributed by atoms with Crippen LogP contribution in [0.1, 0.15) is 24.7 Å². The van der Waals surface area contributed by atoms with E-state index < -0.39 is 0 Å². The molecule has 1 N–H and O–H groups in total. The van der Waals surface area contributed by atoms with Crippen LogP contribution in [0.5, 0.6) is 0 Å². The van der Waals surface area contributed by atoms with Crippen LogP contribution in [0.15, 0.2) is 53.1 Å². The van der Waals surface area contributed by atoms with E-state index in [0.717, 1.165) is 45.0 Å². The van der Waals surface area contributed by atoms with Gasteiger partial charge in [0.05, 0.1) is 6.26 Å². The summed E-state index contributed by atoms with van der Waals surface area (Å²) in [7, 11) is 0. The summed E-state index contributed by atoms with van der Waals surface area (Å²) in [6.07, 6.45) is 2.78. The van der Waals surface area contributed by atoms with Gasteiger partial charge in [0.25, 0.3) is 0 Å². The Morgan fingerprint density at radius 2 is 1.81 bits per heavy atom. The number of amides is 1. The average molecular weight is 355 g/mol. The van der Waals surface area contributed by atoms with Gasteiger partial charge in [-0.2, -0.15) is 0 Å². The normalized spacial score (nSPS) is 17.1. The fraction of sp³-hybridized carbons (Fsp3) is 0.476.